The third-order valence-corrected chi connectivity index (χ3v) is 10.6. The van der Waals surface area contributed by atoms with Crippen LogP contribution in [0.25, 0.3) is 0 Å². The number of phosphoric ester groups is 1. The number of hydrogen-bond donors (Lipinski definition) is 3. The summed E-state index contributed by atoms with van der Waals surface area (Å²) in [5.74, 6) is -0.960. The zero-order chi connectivity index (χ0) is 43.3. The van der Waals surface area contributed by atoms with Crippen LogP contribution in [0.2, 0.25) is 0 Å². The van der Waals surface area contributed by atoms with Crippen LogP contribution in [-0.2, 0) is 32.7 Å². The van der Waals surface area contributed by atoms with E-state index in [0.29, 0.717) is 12.8 Å². The number of unbranched alkanes of at least 4 members (excludes halogenated alkanes) is 19. The molecule has 0 saturated heterocycles. The van der Waals surface area contributed by atoms with Crippen molar-refractivity contribution in [1.29, 1.82) is 0 Å². The van der Waals surface area contributed by atoms with Crippen molar-refractivity contribution in [3.05, 3.63) is 60.8 Å². The van der Waals surface area contributed by atoms with Gasteiger partial charge >= 0.3 is 19.8 Å². The van der Waals surface area contributed by atoms with E-state index in [1.807, 2.05) is 0 Å². The molecule has 0 aliphatic heterocycles. The third-order valence-electron chi connectivity index (χ3n) is 9.69. The Morgan fingerprint density at radius 3 is 1.41 bits per heavy atom. The Hall–Kier alpha value is -2.33. The molecule has 3 N–H and O–H groups in total. The molecule has 0 amide bonds. The van der Waals surface area contributed by atoms with Gasteiger partial charge in [0, 0.05) is 12.8 Å². The fourth-order valence-corrected chi connectivity index (χ4v) is 6.93. The molecule has 11 heteroatoms. The Bertz CT molecular complexity index is 1160. The highest BCUT2D eigenvalue weighted by molar-refractivity contribution is 7.47. The molecule has 0 aromatic carbocycles. The van der Waals surface area contributed by atoms with E-state index in [4.69, 9.17) is 23.6 Å². The molecule has 0 spiro atoms. The van der Waals surface area contributed by atoms with Crippen LogP contribution in [0.3, 0.4) is 0 Å². The molecule has 0 bridgehead atoms. The monoisotopic (exact) mass is 853 g/mol. The summed E-state index contributed by atoms with van der Waals surface area (Å²) in [6.07, 6.45) is 49.0. The fourth-order valence-electron chi connectivity index (χ4n) is 6.14. The van der Waals surface area contributed by atoms with E-state index >= 15 is 0 Å². The summed E-state index contributed by atoms with van der Waals surface area (Å²) in [6.45, 7) is 2.24. The summed E-state index contributed by atoms with van der Waals surface area (Å²) in [5.41, 5.74) is 0. The van der Waals surface area contributed by atoms with Crippen LogP contribution in [0.4, 0.5) is 0 Å². The molecule has 3 atom stereocenters. The maximum Gasteiger partial charge on any atom is 0.472 e. The molecule has 1 unspecified atom stereocenters. The van der Waals surface area contributed by atoms with Gasteiger partial charge in [-0.15, -0.1) is 0 Å². The second kappa shape index (κ2) is 43.7. The first-order chi connectivity index (χ1) is 28.7. The molecule has 0 fully saturated rings. The molecule has 0 radical (unpaired) electrons. The fraction of sp³-hybridized carbons (Fsp3) is 0.750. The number of allylic oxidation sites excluding steroid dienone is 10. The van der Waals surface area contributed by atoms with Gasteiger partial charge in [-0.05, 0) is 57.8 Å². The van der Waals surface area contributed by atoms with E-state index in [-0.39, 0.29) is 19.4 Å². The quantitative estimate of drug-likeness (QED) is 0.0234. The average molecular weight is 853 g/mol. The van der Waals surface area contributed by atoms with Gasteiger partial charge < -0.3 is 24.6 Å². The SMILES string of the molecule is CC/C=C\C/C=C\C/C=C\C/C=C\C/C=C\CCCCCC(=O)O[C@H](COC(=O)CCCCCCCCCCCCCCCCCCC)COP(=O)(O)OC[C@@H](O)CO. The summed E-state index contributed by atoms with van der Waals surface area (Å²) in [4.78, 5) is 35.1. The zero-order valence-electron chi connectivity index (χ0n) is 37.2. The maximum absolute atomic E-state index is 12.6. The van der Waals surface area contributed by atoms with Crippen LogP contribution in [0.1, 0.15) is 194 Å². The molecule has 0 saturated carbocycles. The molecule has 0 aromatic rings. The van der Waals surface area contributed by atoms with Crippen molar-refractivity contribution in [1.82, 2.24) is 0 Å². The van der Waals surface area contributed by atoms with Gasteiger partial charge in [-0.25, -0.2) is 4.57 Å². The standard InChI is InChI=1S/C48H85O10P/c1-3-5-7-9-11-13-15-17-19-21-22-24-26-28-30-32-34-36-38-40-48(52)58-46(44-57-59(53,54)56-42-45(50)41-49)43-55-47(51)39-37-35-33-31-29-27-25-23-20-18-16-14-12-10-8-6-4-2/h5,7,11,13,17,19,22,24,28,30,45-46,49-50H,3-4,6,8-10,12,14-16,18,20-21,23,25-27,29,31-44H2,1-2H3,(H,53,54)/b7-5-,13-11-,19-17-,24-22-,30-28-/t45-,46+/m0/s1. The smallest absolute Gasteiger partial charge is 0.462 e. The zero-order valence-corrected chi connectivity index (χ0v) is 38.1. The Balaban J connectivity index is 4.31. The minimum absolute atomic E-state index is 0.144. The molecular formula is C48H85O10P. The minimum atomic E-state index is -4.63. The molecule has 59 heavy (non-hydrogen) atoms. The van der Waals surface area contributed by atoms with Gasteiger partial charge in [0.15, 0.2) is 6.10 Å². The lowest BCUT2D eigenvalue weighted by atomic mass is 10.0. The van der Waals surface area contributed by atoms with E-state index in [1.165, 1.54) is 83.5 Å². The largest absolute Gasteiger partial charge is 0.472 e. The predicted molar refractivity (Wildman–Crippen MR) is 242 cm³/mol. The van der Waals surface area contributed by atoms with Crippen LogP contribution in [0, 0.1) is 0 Å². The molecule has 342 valence electrons. The van der Waals surface area contributed by atoms with Crippen molar-refractivity contribution >= 4 is 19.8 Å². The number of aliphatic hydroxyl groups excluding tert-OH is 2. The number of aliphatic hydroxyl groups is 2. The second-order valence-electron chi connectivity index (χ2n) is 15.4. The van der Waals surface area contributed by atoms with E-state index in [2.05, 4.69) is 74.6 Å². The third kappa shape index (κ3) is 43.6. The van der Waals surface area contributed by atoms with Gasteiger partial charge in [-0.1, -0.05) is 184 Å². The first kappa shape index (κ1) is 56.7. The lowest BCUT2D eigenvalue weighted by Gasteiger charge is -2.20. The summed E-state index contributed by atoms with van der Waals surface area (Å²) < 4.78 is 32.8. The molecule has 0 aliphatic carbocycles. The van der Waals surface area contributed by atoms with Gasteiger partial charge in [-0.3, -0.25) is 18.6 Å². The van der Waals surface area contributed by atoms with Gasteiger partial charge in [0.1, 0.15) is 12.7 Å². The number of ether oxygens (including phenoxy) is 2. The lowest BCUT2D eigenvalue weighted by Crippen LogP contribution is -2.29. The summed E-state index contributed by atoms with van der Waals surface area (Å²) in [6, 6.07) is 0. The highest BCUT2D eigenvalue weighted by atomic mass is 31.2. The first-order valence-electron chi connectivity index (χ1n) is 23.2. The van der Waals surface area contributed by atoms with Crippen LogP contribution >= 0.6 is 7.82 Å². The van der Waals surface area contributed by atoms with Gasteiger partial charge in [0.2, 0.25) is 0 Å². The second-order valence-corrected chi connectivity index (χ2v) is 16.9. The van der Waals surface area contributed by atoms with Crippen molar-refractivity contribution in [3.8, 4) is 0 Å². The highest BCUT2D eigenvalue weighted by Crippen LogP contribution is 2.43. The number of carbonyl (C=O) groups excluding carboxylic acids is 2. The van der Waals surface area contributed by atoms with Crippen molar-refractivity contribution < 1.29 is 47.8 Å². The van der Waals surface area contributed by atoms with Crippen LogP contribution in [-0.4, -0.2) is 65.7 Å². The normalized spacial score (nSPS) is 14.3. The maximum atomic E-state index is 12.6. The highest BCUT2D eigenvalue weighted by Gasteiger charge is 2.27. The average Bonchev–Trinajstić information content (AvgIpc) is 3.22. The van der Waals surface area contributed by atoms with E-state index in [0.717, 1.165) is 70.6 Å². The van der Waals surface area contributed by atoms with Crippen LogP contribution in [0.5, 0.6) is 0 Å². The first-order valence-corrected chi connectivity index (χ1v) is 24.7. The number of hydrogen-bond acceptors (Lipinski definition) is 9. The van der Waals surface area contributed by atoms with Crippen LogP contribution in [0.15, 0.2) is 60.8 Å². The number of phosphoric acid groups is 1. The van der Waals surface area contributed by atoms with E-state index < -0.39 is 51.8 Å². The summed E-state index contributed by atoms with van der Waals surface area (Å²) in [7, 11) is -4.63. The molecule has 0 aliphatic rings. The Morgan fingerprint density at radius 2 is 0.932 bits per heavy atom. The van der Waals surface area contributed by atoms with E-state index in [9.17, 15) is 24.2 Å². The number of rotatable bonds is 43. The van der Waals surface area contributed by atoms with Gasteiger partial charge in [0.25, 0.3) is 0 Å². The topological polar surface area (TPSA) is 149 Å². The van der Waals surface area contributed by atoms with E-state index in [1.54, 1.807) is 0 Å². The molecule has 0 heterocycles. The van der Waals surface area contributed by atoms with Gasteiger partial charge in [0.05, 0.1) is 19.8 Å². The van der Waals surface area contributed by atoms with Crippen LogP contribution < -0.4 is 0 Å². The molecule has 0 rings (SSSR count). The lowest BCUT2D eigenvalue weighted by molar-refractivity contribution is -0.161. The Labute approximate surface area is 359 Å². The Kier molecular flexibility index (Phi) is 42.0. The Morgan fingerprint density at radius 1 is 0.525 bits per heavy atom. The van der Waals surface area contributed by atoms with Crippen molar-refractivity contribution in [2.24, 2.45) is 0 Å². The predicted octanol–water partition coefficient (Wildman–Crippen LogP) is 12.7. The molecule has 0 aromatic heterocycles. The number of carbonyl (C=O) groups is 2. The molecule has 10 nitrogen and oxygen atoms in total. The van der Waals surface area contributed by atoms with Crippen molar-refractivity contribution in [2.45, 2.75) is 206 Å². The van der Waals surface area contributed by atoms with Crippen molar-refractivity contribution in [2.75, 3.05) is 26.4 Å². The minimum Gasteiger partial charge on any atom is -0.462 e. The molecular weight excluding hydrogens is 767 g/mol. The summed E-state index contributed by atoms with van der Waals surface area (Å²) in [5, 5.41) is 18.4. The van der Waals surface area contributed by atoms with Crippen molar-refractivity contribution in [3.63, 3.8) is 0 Å². The van der Waals surface area contributed by atoms with Gasteiger partial charge in [-0.2, -0.15) is 0 Å². The number of esters is 2. The summed E-state index contributed by atoms with van der Waals surface area (Å²) >= 11 is 0.